The molecule has 1 aromatic heterocycles. The first-order chi connectivity index (χ1) is 8.04. The standard InChI is InChI=1S/C13H18N4/c1-13(2)10-17(8-7-16(13)3)12-5-4-6-15-11(12)9-14/h4-6H,7-8,10H2,1-3H3. The summed E-state index contributed by atoms with van der Waals surface area (Å²) in [6.07, 6.45) is 1.67. The van der Waals surface area contributed by atoms with Gasteiger partial charge >= 0.3 is 0 Å². The molecule has 0 atom stereocenters. The monoisotopic (exact) mass is 230 g/mol. The molecule has 2 rings (SSSR count). The van der Waals surface area contributed by atoms with Gasteiger partial charge in [-0.25, -0.2) is 4.98 Å². The van der Waals surface area contributed by atoms with Crippen LogP contribution in [0.4, 0.5) is 5.69 Å². The number of piperazine rings is 1. The predicted molar refractivity (Wildman–Crippen MR) is 67.9 cm³/mol. The number of likely N-dealkylation sites (N-methyl/N-ethyl adjacent to an activating group) is 1. The zero-order valence-corrected chi connectivity index (χ0v) is 10.6. The van der Waals surface area contributed by atoms with Crippen molar-refractivity contribution in [2.75, 3.05) is 31.6 Å². The Kier molecular flexibility index (Phi) is 3.03. The lowest BCUT2D eigenvalue weighted by Gasteiger charge is -2.46. The minimum absolute atomic E-state index is 0.126. The molecule has 90 valence electrons. The Morgan fingerprint density at radius 3 is 2.82 bits per heavy atom. The molecule has 4 nitrogen and oxygen atoms in total. The van der Waals surface area contributed by atoms with Crippen LogP contribution in [0, 0.1) is 11.3 Å². The van der Waals surface area contributed by atoms with Gasteiger partial charge in [0, 0.05) is 31.4 Å². The molecule has 0 aliphatic carbocycles. The number of anilines is 1. The van der Waals surface area contributed by atoms with Crippen molar-refractivity contribution in [2.45, 2.75) is 19.4 Å². The third kappa shape index (κ3) is 2.25. The lowest BCUT2D eigenvalue weighted by Crippen LogP contribution is -2.57. The van der Waals surface area contributed by atoms with Gasteiger partial charge in [0.05, 0.1) is 5.69 Å². The Morgan fingerprint density at radius 1 is 1.41 bits per heavy atom. The second kappa shape index (κ2) is 4.34. The zero-order valence-electron chi connectivity index (χ0n) is 10.6. The number of hydrogen-bond acceptors (Lipinski definition) is 4. The predicted octanol–water partition coefficient (Wildman–Crippen LogP) is 1.48. The molecule has 2 heterocycles. The van der Waals surface area contributed by atoms with Crippen molar-refractivity contribution < 1.29 is 0 Å². The molecule has 1 fully saturated rings. The van der Waals surface area contributed by atoms with Crippen LogP contribution in [0.5, 0.6) is 0 Å². The fourth-order valence-corrected chi connectivity index (χ4v) is 2.18. The number of hydrogen-bond donors (Lipinski definition) is 0. The fraction of sp³-hybridized carbons (Fsp3) is 0.538. The van der Waals surface area contributed by atoms with Crippen LogP contribution in [-0.4, -0.2) is 42.1 Å². The summed E-state index contributed by atoms with van der Waals surface area (Å²) >= 11 is 0. The molecule has 0 bridgehead atoms. The van der Waals surface area contributed by atoms with E-state index < -0.39 is 0 Å². The summed E-state index contributed by atoms with van der Waals surface area (Å²) in [6.45, 7) is 7.32. The highest BCUT2D eigenvalue weighted by Crippen LogP contribution is 2.25. The van der Waals surface area contributed by atoms with Gasteiger partial charge in [-0.05, 0) is 33.0 Å². The van der Waals surface area contributed by atoms with E-state index in [1.807, 2.05) is 12.1 Å². The van der Waals surface area contributed by atoms with Crippen LogP contribution in [0.1, 0.15) is 19.5 Å². The van der Waals surface area contributed by atoms with Crippen molar-refractivity contribution in [3.8, 4) is 6.07 Å². The first-order valence-electron chi connectivity index (χ1n) is 5.86. The molecule has 0 spiro atoms. The molecule has 1 aliphatic heterocycles. The number of aromatic nitrogens is 1. The molecule has 0 radical (unpaired) electrons. The van der Waals surface area contributed by atoms with Crippen molar-refractivity contribution in [3.63, 3.8) is 0 Å². The van der Waals surface area contributed by atoms with Gasteiger partial charge in [-0.3, -0.25) is 4.90 Å². The Hall–Kier alpha value is -1.60. The first kappa shape index (κ1) is 11.9. The van der Waals surface area contributed by atoms with Crippen LogP contribution in [0.2, 0.25) is 0 Å². The summed E-state index contributed by atoms with van der Waals surface area (Å²) in [7, 11) is 2.14. The summed E-state index contributed by atoms with van der Waals surface area (Å²) in [6, 6.07) is 6.03. The van der Waals surface area contributed by atoms with E-state index in [2.05, 4.69) is 41.7 Å². The van der Waals surface area contributed by atoms with Gasteiger partial charge in [-0.1, -0.05) is 0 Å². The minimum Gasteiger partial charge on any atom is -0.366 e. The third-order valence-corrected chi connectivity index (χ3v) is 3.55. The molecule has 1 aromatic rings. The lowest BCUT2D eigenvalue weighted by molar-refractivity contribution is 0.139. The number of nitrogens with zero attached hydrogens (tertiary/aromatic N) is 4. The van der Waals surface area contributed by atoms with Gasteiger partial charge in [0.15, 0.2) is 5.69 Å². The number of nitriles is 1. The second-order valence-corrected chi connectivity index (χ2v) is 5.14. The van der Waals surface area contributed by atoms with E-state index in [-0.39, 0.29) is 5.54 Å². The van der Waals surface area contributed by atoms with Crippen LogP contribution < -0.4 is 4.90 Å². The Labute approximate surface area is 102 Å². The van der Waals surface area contributed by atoms with Gasteiger partial charge in [0.2, 0.25) is 0 Å². The third-order valence-electron chi connectivity index (χ3n) is 3.55. The van der Waals surface area contributed by atoms with E-state index in [1.54, 1.807) is 6.20 Å². The molecule has 17 heavy (non-hydrogen) atoms. The summed E-state index contributed by atoms with van der Waals surface area (Å²) in [5.74, 6) is 0. The second-order valence-electron chi connectivity index (χ2n) is 5.14. The summed E-state index contributed by atoms with van der Waals surface area (Å²) in [5, 5.41) is 9.08. The quantitative estimate of drug-likeness (QED) is 0.733. The van der Waals surface area contributed by atoms with Crippen LogP contribution in [0.15, 0.2) is 18.3 Å². The summed E-state index contributed by atoms with van der Waals surface area (Å²) in [4.78, 5) is 8.73. The van der Waals surface area contributed by atoms with Gasteiger partial charge in [-0.15, -0.1) is 0 Å². The average Bonchev–Trinajstić information content (AvgIpc) is 2.32. The van der Waals surface area contributed by atoms with Crippen molar-refractivity contribution in [3.05, 3.63) is 24.0 Å². The minimum atomic E-state index is 0.126. The van der Waals surface area contributed by atoms with E-state index in [0.29, 0.717) is 5.69 Å². The number of rotatable bonds is 1. The van der Waals surface area contributed by atoms with Crippen molar-refractivity contribution in [2.24, 2.45) is 0 Å². The Balaban J connectivity index is 2.27. The van der Waals surface area contributed by atoms with Gasteiger partial charge in [0.25, 0.3) is 0 Å². The first-order valence-corrected chi connectivity index (χ1v) is 5.86. The highest BCUT2D eigenvalue weighted by Gasteiger charge is 2.31. The van der Waals surface area contributed by atoms with Crippen LogP contribution in [-0.2, 0) is 0 Å². The van der Waals surface area contributed by atoms with Gasteiger partial charge in [-0.2, -0.15) is 5.26 Å². The van der Waals surface area contributed by atoms with E-state index in [4.69, 9.17) is 5.26 Å². The van der Waals surface area contributed by atoms with Crippen LogP contribution >= 0.6 is 0 Å². The Bertz CT molecular complexity index is 447. The van der Waals surface area contributed by atoms with Crippen LogP contribution in [0.3, 0.4) is 0 Å². The molecule has 0 amide bonds. The van der Waals surface area contributed by atoms with Crippen molar-refractivity contribution in [1.29, 1.82) is 5.26 Å². The maximum Gasteiger partial charge on any atom is 0.163 e. The smallest absolute Gasteiger partial charge is 0.163 e. The molecule has 0 N–H and O–H groups in total. The van der Waals surface area contributed by atoms with E-state index in [0.717, 1.165) is 25.3 Å². The summed E-state index contributed by atoms with van der Waals surface area (Å²) < 4.78 is 0. The fourth-order valence-electron chi connectivity index (χ4n) is 2.18. The zero-order chi connectivity index (χ0) is 12.5. The topological polar surface area (TPSA) is 43.2 Å². The molecule has 0 aromatic carbocycles. The molecular weight excluding hydrogens is 212 g/mol. The van der Waals surface area contributed by atoms with E-state index in [1.165, 1.54) is 0 Å². The molecule has 1 aliphatic rings. The number of pyridine rings is 1. The van der Waals surface area contributed by atoms with Crippen LogP contribution in [0.25, 0.3) is 0 Å². The SMILES string of the molecule is CN1CCN(c2cccnc2C#N)CC1(C)C. The molecule has 4 heteroatoms. The molecule has 0 unspecified atom stereocenters. The largest absolute Gasteiger partial charge is 0.366 e. The molecular formula is C13H18N4. The summed E-state index contributed by atoms with van der Waals surface area (Å²) in [5.41, 5.74) is 1.60. The maximum absolute atomic E-state index is 9.08. The van der Waals surface area contributed by atoms with Crippen molar-refractivity contribution >= 4 is 5.69 Å². The average molecular weight is 230 g/mol. The molecule has 0 saturated carbocycles. The Morgan fingerprint density at radius 2 is 2.18 bits per heavy atom. The van der Waals surface area contributed by atoms with Gasteiger partial charge in [0.1, 0.15) is 6.07 Å². The maximum atomic E-state index is 9.08. The molecule has 1 saturated heterocycles. The normalized spacial score (nSPS) is 20.0. The highest BCUT2D eigenvalue weighted by molar-refractivity contribution is 5.56. The van der Waals surface area contributed by atoms with E-state index in [9.17, 15) is 0 Å². The van der Waals surface area contributed by atoms with E-state index >= 15 is 0 Å². The van der Waals surface area contributed by atoms with Gasteiger partial charge < -0.3 is 4.90 Å². The lowest BCUT2D eigenvalue weighted by atomic mass is 9.99. The highest BCUT2D eigenvalue weighted by atomic mass is 15.3. The van der Waals surface area contributed by atoms with Crippen molar-refractivity contribution in [1.82, 2.24) is 9.88 Å².